The quantitative estimate of drug-likeness (QED) is 0.425. The second kappa shape index (κ2) is 10.2. The lowest BCUT2D eigenvalue weighted by Gasteiger charge is -2.52. The van der Waals surface area contributed by atoms with Crippen molar-refractivity contribution in [1.29, 1.82) is 0 Å². The number of halogens is 2. The lowest BCUT2D eigenvalue weighted by molar-refractivity contribution is -0.143. The Balaban J connectivity index is 1.41. The van der Waals surface area contributed by atoms with Gasteiger partial charge < -0.3 is 4.90 Å². The summed E-state index contributed by atoms with van der Waals surface area (Å²) in [5, 5.41) is 0. The standard InChI is InChI=1S/C30H44F2N2OS/c1-29(2,3)33-17-25(24-13-10-21(31)14-27(24)32)26(18-33)28(35)34-22-11-12-23(34)16-30(15-22,19-36-4)20-8-6-5-7-9-20/h10,13-14,20,22-23,25-26H,5-9,11-12,15-19H2,1-4H3/t22?,23?,25-,26+,30?/m0/s1. The molecule has 1 aliphatic carbocycles. The van der Waals surface area contributed by atoms with E-state index in [4.69, 9.17) is 0 Å². The van der Waals surface area contributed by atoms with E-state index in [9.17, 15) is 13.6 Å². The van der Waals surface area contributed by atoms with Crippen molar-refractivity contribution in [2.75, 3.05) is 25.1 Å². The highest BCUT2D eigenvalue weighted by atomic mass is 32.2. The van der Waals surface area contributed by atoms with Gasteiger partial charge in [-0.05, 0) is 94.3 Å². The van der Waals surface area contributed by atoms with Gasteiger partial charge in [0, 0.05) is 42.7 Å². The molecule has 200 valence electrons. The monoisotopic (exact) mass is 518 g/mol. The van der Waals surface area contributed by atoms with Crippen molar-refractivity contribution in [3.8, 4) is 0 Å². The Morgan fingerprint density at radius 2 is 1.69 bits per heavy atom. The SMILES string of the molecule is CSCC1(C2CCCCC2)CC2CCC(C1)N2C(=O)[C@@H]1CN(C(C)(C)C)C[C@H]1c1ccc(F)cc1F. The number of fused-ring (bicyclic) bond motifs is 2. The third-order valence-electron chi connectivity index (χ3n) is 10.0. The maximum absolute atomic E-state index is 15.0. The summed E-state index contributed by atoms with van der Waals surface area (Å²) in [6.07, 6.45) is 13.5. The van der Waals surface area contributed by atoms with E-state index >= 15 is 0 Å². The number of hydrogen-bond donors (Lipinski definition) is 0. The smallest absolute Gasteiger partial charge is 0.228 e. The van der Waals surface area contributed by atoms with Crippen molar-refractivity contribution in [2.24, 2.45) is 17.3 Å². The van der Waals surface area contributed by atoms with E-state index in [2.05, 4.69) is 36.8 Å². The van der Waals surface area contributed by atoms with Crippen molar-refractivity contribution in [2.45, 2.75) is 102 Å². The zero-order valence-corrected chi connectivity index (χ0v) is 23.4. The second-order valence-electron chi connectivity index (χ2n) is 13.1. The molecule has 0 radical (unpaired) electrons. The van der Waals surface area contributed by atoms with E-state index in [0.717, 1.165) is 37.7 Å². The summed E-state index contributed by atoms with van der Waals surface area (Å²) in [4.78, 5) is 18.9. The molecule has 6 heteroatoms. The summed E-state index contributed by atoms with van der Waals surface area (Å²) < 4.78 is 28.7. The predicted octanol–water partition coefficient (Wildman–Crippen LogP) is 6.86. The van der Waals surface area contributed by atoms with Crippen LogP contribution >= 0.6 is 11.8 Å². The van der Waals surface area contributed by atoms with Gasteiger partial charge in [0.2, 0.25) is 5.91 Å². The van der Waals surface area contributed by atoms with Gasteiger partial charge in [-0.15, -0.1) is 0 Å². The van der Waals surface area contributed by atoms with E-state index in [0.29, 0.717) is 36.2 Å². The third kappa shape index (κ3) is 4.86. The van der Waals surface area contributed by atoms with Crippen LogP contribution in [0.15, 0.2) is 18.2 Å². The molecule has 1 amide bonds. The highest BCUT2D eigenvalue weighted by Crippen LogP contribution is 2.55. The predicted molar refractivity (Wildman–Crippen MR) is 144 cm³/mol. The van der Waals surface area contributed by atoms with Crippen LogP contribution in [0.1, 0.15) is 90.0 Å². The Kier molecular flexibility index (Phi) is 7.50. The van der Waals surface area contributed by atoms with Crippen LogP contribution in [0.4, 0.5) is 8.78 Å². The molecule has 4 aliphatic rings. The first-order valence-electron chi connectivity index (χ1n) is 14.1. The van der Waals surface area contributed by atoms with Crippen LogP contribution in [0, 0.1) is 28.9 Å². The minimum atomic E-state index is -0.563. The van der Waals surface area contributed by atoms with Gasteiger partial charge >= 0.3 is 0 Å². The molecule has 1 aromatic rings. The fourth-order valence-electron chi connectivity index (χ4n) is 8.23. The Morgan fingerprint density at radius 1 is 1.03 bits per heavy atom. The zero-order chi connectivity index (χ0) is 25.7. The van der Waals surface area contributed by atoms with Crippen LogP contribution in [0.25, 0.3) is 0 Å². The lowest BCUT2D eigenvalue weighted by Crippen LogP contribution is -2.55. The fourth-order valence-corrected chi connectivity index (χ4v) is 9.27. The fraction of sp³-hybridized carbons (Fsp3) is 0.767. The van der Waals surface area contributed by atoms with Crippen molar-refractivity contribution < 1.29 is 13.6 Å². The molecule has 3 saturated heterocycles. The van der Waals surface area contributed by atoms with E-state index in [1.807, 2.05) is 11.8 Å². The summed E-state index contributed by atoms with van der Waals surface area (Å²) in [5.41, 5.74) is 0.738. The largest absolute Gasteiger partial charge is 0.336 e. The third-order valence-corrected chi connectivity index (χ3v) is 10.9. The molecular weight excluding hydrogens is 474 g/mol. The Bertz CT molecular complexity index is 943. The van der Waals surface area contributed by atoms with Crippen molar-refractivity contribution >= 4 is 17.7 Å². The number of nitrogens with zero attached hydrogens (tertiary/aromatic N) is 2. The molecule has 3 heterocycles. The summed E-state index contributed by atoms with van der Waals surface area (Å²) in [6.45, 7) is 7.73. The maximum atomic E-state index is 15.0. The highest BCUT2D eigenvalue weighted by molar-refractivity contribution is 7.98. The molecule has 0 spiro atoms. The van der Waals surface area contributed by atoms with Crippen LogP contribution < -0.4 is 0 Å². The Labute approximate surface area is 220 Å². The molecule has 3 nitrogen and oxygen atoms in total. The maximum Gasteiger partial charge on any atom is 0.228 e. The van der Waals surface area contributed by atoms with E-state index in [1.54, 1.807) is 6.07 Å². The summed E-state index contributed by atoms with van der Waals surface area (Å²) in [6, 6.07) is 4.51. The number of likely N-dealkylation sites (tertiary alicyclic amines) is 1. The normalized spacial score (nSPS) is 33.9. The van der Waals surface area contributed by atoms with E-state index in [1.165, 1.54) is 43.9 Å². The molecule has 1 aromatic carbocycles. The molecule has 4 fully saturated rings. The molecule has 1 saturated carbocycles. The van der Waals surface area contributed by atoms with Crippen LogP contribution in [0.3, 0.4) is 0 Å². The average molecular weight is 519 g/mol. The number of hydrogen-bond acceptors (Lipinski definition) is 3. The van der Waals surface area contributed by atoms with Gasteiger partial charge in [-0.1, -0.05) is 25.3 Å². The van der Waals surface area contributed by atoms with Gasteiger partial charge in [0.05, 0.1) is 5.92 Å². The number of carbonyl (C=O) groups excluding carboxylic acids is 1. The molecule has 2 bridgehead atoms. The van der Waals surface area contributed by atoms with Crippen LogP contribution in [-0.2, 0) is 4.79 Å². The van der Waals surface area contributed by atoms with Gasteiger partial charge in [-0.3, -0.25) is 9.69 Å². The first-order valence-corrected chi connectivity index (χ1v) is 15.5. The topological polar surface area (TPSA) is 23.6 Å². The van der Waals surface area contributed by atoms with Crippen LogP contribution in [-0.4, -0.2) is 58.4 Å². The number of piperidine rings is 1. The Morgan fingerprint density at radius 3 is 2.28 bits per heavy atom. The zero-order valence-electron chi connectivity index (χ0n) is 22.6. The highest BCUT2D eigenvalue weighted by Gasteiger charge is 2.55. The molecule has 3 aliphatic heterocycles. The van der Waals surface area contributed by atoms with Crippen LogP contribution in [0.5, 0.6) is 0 Å². The number of carbonyl (C=O) groups is 1. The van der Waals surface area contributed by atoms with Gasteiger partial charge in [0.25, 0.3) is 0 Å². The average Bonchev–Trinajstić information content (AvgIpc) is 3.39. The summed E-state index contributed by atoms with van der Waals surface area (Å²) >= 11 is 1.99. The van der Waals surface area contributed by atoms with Gasteiger partial charge in [0.1, 0.15) is 11.6 Å². The number of benzene rings is 1. The van der Waals surface area contributed by atoms with Gasteiger partial charge in [0.15, 0.2) is 0 Å². The molecule has 36 heavy (non-hydrogen) atoms. The minimum Gasteiger partial charge on any atom is -0.336 e. The summed E-state index contributed by atoms with van der Waals surface area (Å²) in [5.74, 6) is 0.602. The van der Waals surface area contributed by atoms with Crippen molar-refractivity contribution in [3.05, 3.63) is 35.4 Å². The first kappa shape index (κ1) is 26.5. The van der Waals surface area contributed by atoms with E-state index < -0.39 is 11.6 Å². The number of rotatable bonds is 5. The molecule has 4 atom stereocenters. The number of thioether (sulfide) groups is 1. The van der Waals surface area contributed by atoms with Crippen molar-refractivity contribution in [1.82, 2.24) is 9.80 Å². The van der Waals surface area contributed by atoms with Crippen LogP contribution in [0.2, 0.25) is 0 Å². The minimum absolute atomic E-state index is 0.112. The lowest BCUT2D eigenvalue weighted by atomic mass is 9.63. The van der Waals surface area contributed by atoms with Gasteiger partial charge in [-0.2, -0.15) is 11.8 Å². The molecule has 0 N–H and O–H groups in total. The van der Waals surface area contributed by atoms with Crippen molar-refractivity contribution in [3.63, 3.8) is 0 Å². The molecule has 2 unspecified atom stereocenters. The molecule has 5 rings (SSSR count). The van der Waals surface area contributed by atoms with E-state index in [-0.39, 0.29) is 23.3 Å². The number of amides is 1. The van der Waals surface area contributed by atoms with Gasteiger partial charge in [-0.25, -0.2) is 8.78 Å². The summed E-state index contributed by atoms with van der Waals surface area (Å²) in [7, 11) is 0. The first-order chi connectivity index (χ1) is 17.1. The molecule has 0 aromatic heterocycles. The molecular formula is C30H44F2N2OS. The second-order valence-corrected chi connectivity index (χ2v) is 14.0. The Hall–Kier alpha value is -1.14.